The van der Waals surface area contributed by atoms with Crippen LogP contribution in [0.4, 0.5) is 4.39 Å². The largest absolute Gasteiger partial charge is 0.463 e. The van der Waals surface area contributed by atoms with Crippen molar-refractivity contribution in [3.8, 4) is 11.8 Å². The van der Waals surface area contributed by atoms with Crippen molar-refractivity contribution in [3.05, 3.63) is 113 Å². The van der Waals surface area contributed by atoms with Crippen molar-refractivity contribution in [1.29, 1.82) is 0 Å². The standard InChI is InChI=1S/C27H22FNO2/c1-2-31-26(30)24-25(29)22-18-21(28)15-16-23(22)27(24,20-13-7-4-8-14-20)17-9-12-19-10-5-3-6-11-19/h3-8,10-11,13-16,18H,2,17,29H2,1H3. The number of rotatable bonds is 4. The lowest BCUT2D eigenvalue weighted by Gasteiger charge is -2.32. The van der Waals surface area contributed by atoms with Crippen molar-refractivity contribution in [1.82, 2.24) is 0 Å². The van der Waals surface area contributed by atoms with Gasteiger partial charge in [0.1, 0.15) is 5.82 Å². The second kappa shape index (κ2) is 8.49. The molecule has 4 rings (SSSR count). The monoisotopic (exact) mass is 411 g/mol. The molecule has 0 aromatic heterocycles. The number of nitrogens with two attached hydrogens (primary N) is 1. The molecule has 0 heterocycles. The first kappa shape index (κ1) is 20.4. The lowest BCUT2D eigenvalue weighted by atomic mass is 9.69. The summed E-state index contributed by atoms with van der Waals surface area (Å²) in [4.78, 5) is 13.1. The highest BCUT2D eigenvalue weighted by Crippen LogP contribution is 2.51. The minimum atomic E-state index is -0.956. The van der Waals surface area contributed by atoms with Crippen molar-refractivity contribution in [3.63, 3.8) is 0 Å². The quantitative estimate of drug-likeness (QED) is 0.496. The first-order valence-electron chi connectivity index (χ1n) is 10.1. The van der Waals surface area contributed by atoms with Crippen molar-refractivity contribution in [2.75, 3.05) is 6.61 Å². The molecule has 3 nitrogen and oxygen atoms in total. The number of carbonyl (C=O) groups is 1. The third kappa shape index (κ3) is 3.60. The maximum Gasteiger partial charge on any atom is 0.337 e. The molecule has 0 bridgehead atoms. The number of esters is 1. The number of halogens is 1. The van der Waals surface area contributed by atoms with Gasteiger partial charge in [-0.25, -0.2) is 9.18 Å². The molecule has 0 aliphatic heterocycles. The number of carbonyl (C=O) groups excluding carboxylic acids is 1. The van der Waals surface area contributed by atoms with Crippen molar-refractivity contribution in [2.24, 2.45) is 5.73 Å². The van der Waals surface area contributed by atoms with Gasteiger partial charge in [-0.1, -0.05) is 66.4 Å². The summed E-state index contributed by atoms with van der Waals surface area (Å²) in [5, 5.41) is 0. The Kier molecular flexibility index (Phi) is 5.60. The molecule has 4 heteroatoms. The third-order valence-electron chi connectivity index (χ3n) is 5.53. The first-order chi connectivity index (χ1) is 15.1. The van der Waals surface area contributed by atoms with E-state index in [9.17, 15) is 9.18 Å². The number of hydrogen-bond donors (Lipinski definition) is 1. The highest BCUT2D eigenvalue weighted by atomic mass is 19.1. The topological polar surface area (TPSA) is 52.3 Å². The normalized spacial score (nSPS) is 17.0. The van der Waals surface area contributed by atoms with Gasteiger partial charge in [0.25, 0.3) is 0 Å². The third-order valence-corrected chi connectivity index (χ3v) is 5.53. The van der Waals surface area contributed by atoms with Gasteiger partial charge < -0.3 is 10.5 Å². The smallest absolute Gasteiger partial charge is 0.337 e. The fourth-order valence-corrected chi connectivity index (χ4v) is 4.21. The summed E-state index contributed by atoms with van der Waals surface area (Å²) in [6.07, 6.45) is 0.291. The van der Waals surface area contributed by atoms with E-state index in [1.807, 2.05) is 60.7 Å². The number of hydrogen-bond acceptors (Lipinski definition) is 3. The average molecular weight is 411 g/mol. The van der Waals surface area contributed by atoms with Crippen LogP contribution in [-0.2, 0) is 14.9 Å². The predicted octanol–water partition coefficient (Wildman–Crippen LogP) is 4.80. The number of fused-ring (bicyclic) bond motifs is 1. The van der Waals surface area contributed by atoms with Gasteiger partial charge in [-0.2, -0.15) is 0 Å². The molecule has 2 N–H and O–H groups in total. The van der Waals surface area contributed by atoms with E-state index in [1.165, 1.54) is 12.1 Å². The Hall–Kier alpha value is -3.84. The lowest BCUT2D eigenvalue weighted by molar-refractivity contribution is -0.139. The molecular weight excluding hydrogens is 389 g/mol. The molecule has 0 amide bonds. The molecule has 0 radical (unpaired) electrons. The van der Waals surface area contributed by atoms with Crippen LogP contribution in [0.5, 0.6) is 0 Å². The first-order valence-corrected chi connectivity index (χ1v) is 10.1. The summed E-state index contributed by atoms with van der Waals surface area (Å²) in [5.74, 6) is 5.49. The Balaban J connectivity index is 1.96. The molecule has 0 saturated carbocycles. The van der Waals surface area contributed by atoms with E-state index in [0.29, 0.717) is 17.6 Å². The summed E-state index contributed by atoms with van der Waals surface area (Å²) in [6, 6.07) is 23.7. The highest BCUT2D eigenvalue weighted by Gasteiger charge is 2.49. The highest BCUT2D eigenvalue weighted by molar-refractivity contribution is 6.04. The van der Waals surface area contributed by atoms with E-state index in [1.54, 1.807) is 13.0 Å². The molecule has 3 aromatic rings. The second-order valence-electron chi connectivity index (χ2n) is 7.31. The van der Waals surface area contributed by atoms with Crippen LogP contribution in [0.25, 0.3) is 5.70 Å². The summed E-state index contributed by atoms with van der Waals surface area (Å²) in [5.41, 5.74) is 9.03. The minimum Gasteiger partial charge on any atom is -0.463 e. The molecular formula is C27H22FNO2. The number of benzene rings is 3. The van der Waals surface area contributed by atoms with Crippen LogP contribution in [0.15, 0.2) is 84.4 Å². The van der Waals surface area contributed by atoms with Crippen LogP contribution < -0.4 is 5.73 Å². The van der Waals surface area contributed by atoms with Crippen LogP contribution in [0.3, 0.4) is 0 Å². The Morgan fingerprint density at radius 1 is 1.03 bits per heavy atom. The van der Waals surface area contributed by atoms with E-state index in [0.717, 1.165) is 16.7 Å². The molecule has 1 aliphatic carbocycles. The Morgan fingerprint density at radius 3 is 2.39 bits per heavy atom. The Labute approximate surface area is 181 Å². The second-order valence-corrected chi connectivity index (χ2v) is 7.31. The molecule has 3 aromatic carbocycles. The summed E-state index contributed by atoms with van der Waals surface area (Å²) in [6.45, 7) is 1.96. The van der Waals surface area contributed by atoms with Gasteiger partial charge in [0.05, 0.1) is 23.3 Å². The van der Waals surface area contributed by atoms with Crippen LogP contribution in [0, 0.1) is 17.7 Å². The van der Waals surface area contributed by atoms with Crippen LogP contribution in [-0.4, -0.2) is 12.6 Å². The lowest BCUT2D eigenvalue weighted by Crippen LogP contribution is -2.33. The fraction of sp³-hybridized carbons (Fsp3) is 0.148. The van der Waals surface area contributed by atoms with Gasteiger partial charge in [-0.3, -0.25) is 0 Å². The number of ether oxygens (including phenoxy) is 1. The van der Waals surface area contributed by atoms with E-state index >= 15 is 0 Å². The molecule has 0 saturated heterocycles. The molecule has 1 aliphatic rings. The van der Waals surface area contributed by atoms with E-state index in [2.05, 4.69) is 11.8 Å². The van der Waals surface area contributed by atoms with Gasteiger partial charge in [0.15, 0.2) is 0 Å². The van der Waals surface area contributed by atoms with Gasteiger partial charge in [0, 0.05) is 17.5 Å². The fourth-order valence-electron chi connectivity index (χ4n) is 4.21. The van der Waals surface area contributed by atoms with Gasteiger partial charge in [-0.15, -0.1) is 0 Å². The zero-order valence-electron chi connectivity index (χ0n) is 17.2. The van der Waals surface area contributed by atoms with Gasteiger partial charge >= 0.3 is 5.97 Å². The zero-order chi connectivity index (χ0) is 21.8. The molecule has 1 atom stereocenters. The van der Waals surface area contributed by atoms with Crippen LogP contribution in [0.2, 0.25) is 0 Å². The molecule has 154 valence electrons. The molecule has 1 unspecified atom stereocenters. The SMILES string of the molecule is CCOC(=O)C1=C(N)c2cc(F)ccc2C1(CC#Cc1ccccc1)c1ccccc1. The van der Waals surface area contributed by atoms with Crippen molar-refractivity contribution < 1.29 is 13.9 Å². The van der Waals surface area contributed by atoms with E-state index in [-0.39, 0.29) is 12.3 Å². The summed E-state index contributed by atoms with van der Waals surface area (Å²) < 4.78 is 19.5. The zero-order valence-corrected chi connectivity index (χ0v) is 17.2. The Morgan fingerprint density at radius 2 is 1.71 bits per heavy atom. The summed E-state index contributed by atoms with van der Waals surface area (Å²) >= 11 is 0. The molecule has 0 spiro atoms. The van der Waals surface area contributed by atoms with Crippen molar-refractivity contribution in [2.45, 2.75) is 18.8 Å². The summed E-state index contributed by atoms with van der Waals surface area (Å²) in [7, 11) is 0. The molecule has 0 fully saturated rings. The molecule has 31 heavy (non-hydrogen) atoms. The van der Waals surface area contributed by atoms with E-state index in [4.69, 9.17) is 10.5 Å². The maximum atomic E-state index is 14.1. The van der Waals surface area contributed by atoms with Crippen LogP contribution >= 0.6 is 0 Å². The van der Waals surface area contributed by atoms with E-state index < -0.39 is 17.2 Å². The van der Waals surface area contributed by atoms with Gasteiger partial charge in [-0.05, 0) is 42.3 Å². The Bertz CT molecular complexity index is 1210. The van der Waals surface area contributed by atoms with Gasteiger partial charge in [0.2, 0.25) is 0 Å². The predicted molar refractivity (Wildman–Crippen MR) is 119 cm³/mol. The average Bonchev–Trinajstić information content (AvgIpc) is 3.03. The van der Waals surface area contributed by atoms with Crippen LogP contribution in [0.1, 0.15) is 35.6 Å². The van der Waals surface area contributed by atoms with Crippen molar-refractivity contribution >= 4 is 11.7 Å². The maximum absolute atomic E-state index is 14.1. The minimum absolute atomic E-state index is 0.209.